The van der Waals surface area contributed by atoms with Crippen molar-refractivity contribution in [2.75, 3.05) is 0 Å². The lowest BCUT2D eigenvalue weighted by Crippen LogP contribution is -2.64. The Morgan fingerprint density at radius 2 is 1.64 bits per heavy atom. The minimum absolute atomic E-state index is 0.222. The number of hydrogen-bond donors (Lipinski definition) is 1. The topological polar surface area (TPSA) is 20.2 Å². The van der Waals surface area contributed by atoms with Gasteiger partial charge in [-0.15, -0.1) is 0 Å². The van der Waals surface area contributed by atoms with Crippen LogP contribution in [0.3, 0.4) is 0 Å². The van der Waals surface area contributed by atoms with Crippen LogP contribution >= 0.6 is 0 Å². The summed E-state index contributed by atoms with van der Waals surface area (Å²) in [5, 5.41) is 12.0. The van der Waals surface area contributed by atoms with Crippen LogP contribution in [-0.4, -0.2) is 10.7 Å². The smallest absolute Gasteiger partial charge is 0.0734 e. The maximum absolute atomic E-state index is 12.0. The molecule has 0 aliphatic heterocycles. The van der Waals surface area contributed by atoms with Crippen molar-refractivity contribution < 1.29 is 5.11 Å². The average molecular weight is 305 g/mol. The Morgan fingerprint density at radius 3 is 2.41 bits per heavy atom. The van der Waals surface area contributed by atoms with E-state index in [-0.39, 0.29) is 11.0 Å². The minimum Gasteiger partial charge on any atom is -0.389 e. The van der Waals surface area contributed by atoms with Crippen LogP contribution in [-0.2, 0) is 0 Å². The molecule has 0 amide bonds. The van der Waals surface area contributed by atoms with Gasteiger partial charge in [-0.25, -0.2) is 0 Å². The molecule has 7 atom stereocenters. The lowest BCUT2D eigenvalue weighted by Gasteiger charge is -2.65. The molecule has 0 heterocycles. The molecule has 1 N–H and O–H groups in total. The molecule has 0 radical (unpaired) electrons. The standard InChI is InChI=1S/C21H36O/c1-4-15-8-10-17-18-11-9-16-7-5-6-12-20(16,3)21(18,22)14-13-19(15,17)2/h15-18,22H,4-14H2,1-3H3/t15-,16?,17-,18-,19+,20-,21+/m0/s1. The lowest BCUT2D eigenvalue weighted by atomic mass is 9.42. The van der Waals surface area contributed by atoms with E-state index < -0.39 is 0 Å². The Bertz CT molecular complexity index is 445. The van der Waals surface area contributed by atoms with Crippen LogP contribution in [0.2, 0.25) is 0 Å². The Morgan fingerprint density at radius 1 is 0.864 bits per heavy atom. The van der Waals surface area contributed by atoms with Crippen molar-refractivity contribution >= 4 is 0 Å². The van der Waals surface area contributed by atoms with Gasteiger partial charge >= 0.3 is 0 Å². The third kappa shape index (κ3) is 1.75. The third-order valence-corrected chi connectivity index (χ3v) is 9.46. The summed E-state index contributed by atoms with van der Waals surface area (Å²) < 4.78 is 0. The Labute approximate surface area is 137 Å². The monoisotopic (exact) mass is 304 g/mol. The highest BCUT2D eigenvalue weighted by molar-refractivity contribution is 5.15. The number of rotatable bonds is 1. The lowest BCUT2D eigenvalue weighted by molar-refractivity contribution is -0.234. The summed E-state index contributed by atoms with van der Waals surface area (Å²) in [7, 11) is 0. The molecule has 0 aromatic heterocycles. The van der Waals surface area contributed by atoms with Crippen LogP contribution in [0.1, 0.15) is 91.4 Å². The molecule has 4 aliphatic rings. The van der Waals surface area contributed by atoms with Crippen LogP contribution in [0.4, 0.5) is 0 Å². The molecular weight excluding hydrogens is 268 g/mol. The highest BCUT2D eigenvalue weighted by atomic mass is 16.3. The molecule has 126 valence electrons. The van der Waals surface area contributed by atoms with E-state index in [0.717, 1.165) is 24.2 Å². The van der Waals surface area contributed by atoms with Crippen LogP contribution in [0.25, 0.3) is 0 Å². The Hall–Kier alpha value is -0.0400. The van der Waals surface area contributed by atoms with E-state index in [2.05, 4.69) is 20.8 Å². The molecule has 1 nitrogen and oxygen atoms in total. The molecule has 4 fully saturated rings. The van der Waals surface area contributed by atoms with Gasteiger partial charge in [-0.2, -0.15) is 0 Å². The van der Waals surface area contributed by atoms with E-state index in [0.29, 0.717) is 11.3 Å². The van der Waals surface area contributed by atoms with E-state index >= 15 is 0 Å². The molecule has 0 aromatic rings. The second kappa shape index (κ2) is 4.98. The summed E-state index contributed by atoms with van der Waals surface area (Å²) in [6.07, 6.45) is 14.7. The number of aliphatic hydroxyl groups is 1. The Kier molecular flexibility index (Phi) is 3.50. The normalized spacial score (nSPS) is 57.8. The van der Waals surface area contributed by atoms with Gasteiger partial charge in [0, 0.05) is 0 Å². The van der Waals surface area contributed by atoms with Gasteiger partial charge in [-0.3, -0.25) is 0 Å². The SMILES string of the molecule is CC[C@H]1CC[C@H]2[C@@H]3CCC4CCCC[C@]4(C)[C@@]3(O)CC[C@]12C. The second-order valence-electron chi connectivity index (χ2n) is 9.76. The summed E-state index contributed by atoms with van der Waals surface area (Å²) in [5.74, 6) is 3.12. The van der Waals surface area contributed by atoms with Crippen LogP contribution < -0.4 is 0 Å². The summed E-state index contributed by atoms with van der Waals surface area (Å²) in [4.78, 5) is 0. The quantitative estimate of drug-likeness (QED) is 0.672. The van der Waals surface area contributed by atoms with E-state index in [1.165, 1.54) is 64.2 Å². The zero-order valence-corrected chi connectivity index (χ0v) is 15.0. The van der Waals surface area contributed by atoms with Gasteiger partial charge in [0.1, 0.15) is 0 Å². The molecule has 0 aromatic carbocycles. The van der Waals surface area contributed by atoms with Gasteiger partial charge in [0.15, 0.2) is 0 Å². The van der Waals surface area contributed by atoms with Gasteiger partial charge in [0.05, 0.1) is 5.60 Å². The molecular formula is C21H36O. The fraction of sp³-hybridized carbons (Fsp3) is 1.00. The van der Waals surface area contributed by atoms with E-state index in [4.69, 9.17) is 0 Å². The van der Waals surface area contributed by atoms with Gasteiger partial charge in [0.25, 0.3) is 0 Å². The summed E-state index contributed by atoms with van der Waals surface area (Å²) in [5.41, 5.74) is 0.409. The molecule has 1 unspecified atom stereocenters. The van der Waals surface area contributed by atoms with Gasteiger partial charge in [-0.05, 0) is 85.9 Å². The number of hydrogen-bond acceptors (Lipinski definition) is 1. The largest absolute Gasteiger partial charge is 0.389 e. The molecule has 4 rings (SSSR count). The predicted octanol–water partition coefficient (Wildman–Crippen LogP) is 5.56. The molecule has 0 bridgehead atoms. The van der Waals surface area contributed by atoms with Crippen LogP contribution in [0.15, 0.2) is 0 Å². The maximum atomic E-state index is 12.0. The van der Waals surface area contributed by atoms with Crippen molar-refractivity contribution in [2.45, 2.75) is 97.0 Å². The highest BCUT2D eigenvalue weighted by Gasteiger charge is 2.66. The highest BCUT2D eigenvalue weighted by Crippen LogP contribution is 2.69. The Balaban J connectivity index is 1.69. The molecule has 0 saturated heterocycles. The van der Waals surface area contributed by atoms with Crippen LogP contribution in [0, 0.1) is 34.5 Å². The molecule has 4 aliphatic carbocycles. The first kappa shape index (κ1) is 15.5. The first-order chi connectivity index (χ1) is 10.5. The van der Waals surface area contributed by atoms with Gasteiger partial charge < -0.3 is 5.11 Å². The second-order valence-corrected chi connectivity index (χ2v) is 9.76. The molecule has 1 heteroatoms. The minimum atomic E-state index is -0.344. The molecule has 4 saturated carbocycles. The average Bonchev–Trinajstić information content (AvgIpc) is 2.84. The first-order valence-corrected chi connectivity index (χ1v) is 10.2. The first-order valence-electron chi connectivity index (χ1n) is 10.2. The molecule has 0 spiro atoms. The maximum Gasteiger partial charge on any atom is 0.0734 e. The van der Waals surface area contributed by atoms with Crippen molar-refractivity contribution in [3.63, 3.8) is 0 Å². The molecule has 22 heavy (non-hydrogen) atoms. The van der Waals surface area contributed by atoms with Crippen molar-refractivity contribution in [3.8, 4) is 0 Å². The summed E-state index contributed by atoms with van der Waals surface area (Å²) in [6.45, 7) is 7.43. The third-order valence-electron chi connectivity index (χ3n) is 9.46. The van der Waals surface area contributed by atoms with Crippen LogP contribution in [0.5, 0.6) is 0 Å². The zero-order chi connectivity index (χ0) is 15.6. The predicted molar refractivity (Wildman–Crippen MR) is 91.6 cm³/mol. The van der Waals surface area contributed by atoms with Crippen molar-refractivity contribution in [1.29, 1.82) is 0 Å². The number of fused-ring (bicyclic) bond motifs is 5. The van der Waals surface area contributed by atoms with Gasteiger partial charge in [-0.1, -0.05) is 40.0 Å². The van der Waals surface area contributed by atoms with E-state index in [9.17, 15) is 5.11 Å². The fourth-order valence-corrected chi connectivity index (χ4v) is 8.01. The van der Waals surface area contributed by atoms with Crippen molar-refractivity contribution in [3.05, 3.63) is 0 Å². The summed E-state index contributed by atoms with van der Waals surface area (Å²) >= 11 is 0. The van der Waals surface area contributed by atoms with E-state index in [1.807, 2.05) is 0 Å². The van der Waals surface area contributed by atoms with Crippen molar-refractivity contribution in [2.24, 2.45) is 34.5 Å². The fourth-order valence-electron chi connectivity index (χ4n) is 8.01. The van der Waals surface area contributed by atoms with Gasteiger partial charge in [0.2, 0.25) is 0 Å². The summed E-state index contributed by atoms with van der Waals surface area (Å²) in [6, 6.07) is 0. The van der Waals surface area contributed by atoms with Crippen molar-refractivity contribution in [1.82, 2.24) is 0 Å². The zero-order valence-electron chi connectivity index (χ0n) is 15.0. The van der Waals surface area contributed by atoms with E-state index in [1.54, 1.807) is 0 Å².